The monoisotopic (exact) mass is 313 g/mol. The first-order valence-corrected chi connectivity index (χ1v) is 8.73. The van der Waals surface area contributed by atoms with Crippen LogP contribution in [0, 0.1) is 6.92 Å². The Morgan fingerprint density at radius 1 is 1.19 bits per heavy atom. The van der Waals surface area contributed by atoms with Crippen molar-refractivity contribution in [1.29, 1.82) is 0 Å². The molecule has 0 unspecified atom stereocenters. The van der Waals surface area contributed by atoms with E-state index in [1.165, 1.54) is 0 Å². The Balaban J connectivity index is 2.67. The maximum atomic E-state index is 12.4. The fraction of sp³-hybridized carbons (Fsp3) is 0.600. The van der Waals surface area contributed by atoms with Crippen LogP contribution in [0.5, 0.6) is 0 Å². The summed E-state index contributed by atoms with van der Waals surface area (Å²) in [7, 11) is 2.45. The molecule has 0 saturated carbocycles. The lowest BCUT2D eigenvalue weighted by Crippen LogP contribution is -2.26. The first kappa shape index (κ1) is 18.1. The molecule has 0 amide bonds. The van der Waals surface area contributed by atoms with Crippen LogP contribution in [0.2, 0.25) is 0 Å². The minimum absolute atomic E-state index is 0.378. The zero-order valence-corrected chi connectivity index (χ0v) is 14.3. The van der Waals surface area contributed by atoms with Crippen LogP contribution in [0.4, 0.5) is 0 Å². The number of unbranched alkanes of at least 4 members (excludes halogenated alkanes) is 1. The van der Waals surface area contributed by atoms with E-state index in [-0.39, 0.29) is 0 Å². The fourth-order valence-electron chi connectivity index (χ4n) is 2.09. The number of hydrogen-bond acceptors (Lipinski definition) is 4. The van der Waals surface area contributed by atoms with Crippen molar-refractivity contribution in [3.63, 3.8) is 0 Å². The number of nitrogens with one attached hydrogen (secondary N) is 2. The fourth-order valence-corrected chi connectivity index (χ4v) is 3.45. The maximum absolute atomic E-state index is 12.4. The molecule has 0 bridgehead atoms. The highest BCUT2D eigenvalue weighted by Gasteiger charge is 2.16. The molecule has 6 heteroatoms. The van der Waals surface area contributed by atoms with E-state index in [0.29, 0.717) is 18.0 Å². The summed E-state index contributed by atoms with van der Waals surface area (Å²) in [6.07, 6.45) is 1.82. The number of nitrogens with zero attached hydrogens (tertiary/aromatic N) is 1. The van der Waals surface area contributed by atoms with E-state index in [1.807, 2.05) is 40.2 Å². The molecule has 0 radical (unpaired) electrons. The third kappa shape index (κ3) is 6.13. The summed E-state index contributed by atoms with van der Waals surface area (Å²) in [5.74, 6) is 0. The predicted molar refractivity (Wildman–Crippen MR) is 86.9 cm³/mol. The van der Waals surface area contributed by atoms with E-state index in [1.54, 1.807) is 6.07 Å². The van der Waals surface area contributed by atoms with Gasteiger partial charge in [-0.3, -0.25) is 0 Å². The predicted octanol–water partition coefficient (Wildman–Crippen LogP) is 1.33. The van der Waals surface area contributed by atoms with Gasteiger partial charge in [0.25, 0.3) is 0 Å². The van der Waals surface area contributed by atoms with Gasteiger partial charge in [0, 0.05) is 13.1 Å². The summed E-state index contributed by atoms with van der Waals surface area (Å²) in [5, 5.41) is 3.03. The third-order valence-corrected chi connectivity index (χ3v) is 4.85. The quantitative estimate of drug-likeness (QED) is 0.675. The zero-order valence-electron chi connectivity index (χ0n) is 13.4. The highest BCUT2D eigenvalue weighted by molar-refractivity contribution is 7.89. The molecular weight excluding hydrogens is 286 g/mol. The summed E-state index contributed by atoms with van der Waals surface area (Å²) in [6.45, 7) is 3.93. The van der Waals surface area contributed by atoms with Crippen LogP contribution in [-0.4, -0.2) is 47.6 Å². The van der Waals surface area contributed by atoms with Crippen molar-refractivity contribution < 1.29 is 8.42 Å². The minimum atomic E-state index is -3.42. The van der Waals surface area contributed by atoms with Crippen LogP contribution < -0.4 is 10.0 Å². The largest absolute Gasteiger partial charge is 0.316 e. The second-order valence-corrected chi connectivity index (χ2v) is 7.27. The molecule has 0 aliphatic carbocycles. The van der Waals surface area contributed by atoms with Crippen molar-refractivity contribution in [2.24, 2.45) is 0 Å². The summed E-state index contributed by atoms with van der Waals surface area (Å²) in [4.78, 5) is 2.47. The first-order chi connectivity index (χ1) is 9.86. The van der Waals surface area contributed by atoms with Crippen molar-refractivity contribution in [3.8, 4) is 0 Å². The van der Waals surface area contributed by atoms with Gasteiger partial charge in [-0.25, -0.2) is 13.1 Å². The van der Waals surface area contributed by atoms with Gasteiger partial charge in [0.05, 0.1) is 4.90 Å². The van der Waals surface area contributed by atoms with Gasteiger partial charge >= 0.3 is 0 Å². The van der Waals surface area contributed by atoms with Crippen molar-refractivity contribution in [2.75, 3.05) is 34.2 Å². The van der Waals surface area contributed by atoms with Gasteiger partial charge in [0.1, 0.15) is 0 Å². The molecule has 1 rings (SSSR count). The number of benzene rings is 1. The van der Waals surface area contributed by atoms with E-state index < -0.39 is 10.0 Å². The van der Waals surface area contributed by atoms with Gasteiger partial charge in [-0.2, -0.15) is 0 Å². The van der Waals surface area contributed by atoms with Gasteiger partial charge in [-0.1, -0.05) is 12.1 Å². The van der Waals surface area contributed by atoms with Crippen LogP contribution in [0.15, 0.2) is 23.1 Å². The van der Waals surface area contributed by atoms with Gasteiger partial charge in [-0.15, -0.1) is 0 Å². The molecule has 21 heavy (non-hydrogen) atoms. The normalized spacial score (nSPS) is 12.0. The molecule has 120 valence electrons. The molecule has 0 aromatic heterocycles. The Morgan fingerprint density at radius 2 is 1.90 bits per heavy atom. The molecule has 5 nitrogen and oxygen atoms in total. The van der Waals surface area contributed by atoms with Gasteiger partial charge in [-0.05, 0) is 64.6 Å². The molecule has 0 aliphatic heterocycles. The second-order valence-electron chi connectivity index (χ2n) is 5.54. The van der Waals surface area contributed by atoms with Crippen LogP contribution in [-0.2, 0) is 16.6 Å². The summed E-state index contributed by atoms with van der Waals surface area (Å²) in [6, 6.07) is 5.54. The van der Waals surface area contributed by atoms with Crippen LogP contribution >= 0.6 is 0 Å². The Bertz CT molecular complexity index is 542. The molecule has 0 spiro atoms. The van der Waals surface area contributed by atoms with E-state index in [2.05, 4.69) is 14.9 Å². The lowest BCUT2D eigenvalue weighted by molar-refractivity contribution is 0.394. The third-order valence-electron chi connectivity index (χ3n) is 3.25. The lowest BCUT2D eigenvalue weighted by atomic mass is 10.1. The second kappa shape index (κ2) is 8.48. The smallest absolute Gasteiger partial charge is 0.240 e. The average molecular weight is 313 g/mol. The summed E-state index contributed by atoms with van der Waals surface area (Å²) in [5.41, 5.74) is 1.74. The highest BCUT2D eigenvalue weighted by atomic mass is 32.2. The molecule has 0 atom stereocenters. The molecule has 1 aromatic carbocycles. The number of rotatable bonds is 9. The van der Waals surface area contributed by atoms with Gasteiger partial charge < -0.3 is 10.2 Å². The van der Waals surface area contributed by atoms with Crippen molar-refractivity contribution >= 4 is 10.0 Å². The Labute approximate surface area is 128 Å². The number of hydrogen-bond donors (Lipinski definition) is 2. The van der Waals surface area contributed by atoms with Crippen molar-refractivity contribution in [3.05, 3.63) is 29.3 Å². The summed E-state index contributed by atoms with van der Waals surface area (Å²) >= 11 is 0. The Hall–Kier alpha value is -0.950. The van der Waals surface area contributed by atoms with Crippen LogP contribution in [0.25, 0.3) is 0 Å². The number of sulfonamides is 1. The van der Waals surface area contributed by atoms with E-state index in [0.717, 1.165) is 30.5 Å². The molecule has 0 aliphatic rings. The molecule has 2 N–H and O–H groups in total. The van der Waals surface area contributed by atoms with Crippen molar-refractivity contribution in [2.45, 2.75) is 31.2 Å². The molecule has 0 saturated heterocycles. The van der Waals surface area contributed by atoms with E-state index >= 15 is 0 Å². The van der Waals surface area contributed by atoms with E-state index in [4.69, 9.17) is 0 Å². The molecule has 0 heterocycles. The lowest BCUT2D eigenvalue weighted by Gasteiger charge is -2.12. The highest BCUT2D eigenvalue weighted by Crippen LogP contribution is 2.17. The first-order valence-electron chi connectivity index (χ1n) is 7.25. The van der Waals surface area contributed by atoms with Crippen molar-refractivity contribution in [1.82, 2.24) is 14.9 Å². The SMILES string of the molecule is CNCc1ccc(C)c(S(=O)(=O)NCCCCN(C)C)c1. The van der Waals surface area contributed by atoms with Crippen LogP contribution in [0.1, 0.15) is 24.0 Å². The topological polar surface area (TPSA) is 61.4 Å². The Kier molecular flexibility index (Phi) is 7.31. The minimum Gasteiger partial charge on any atom is -0.316 e. The standard InChI is InChI=1S/C15H27N3O2S/c1-13-7-8-14(12-16-2)11-15(13)21(19,20)17-9-5-6-10-18(3)4/h7-8,11,16-17H,5-6,9-10,12H2,1-4H3. The van der Waals surface area contributed by atoms with Gasteiger partial charge in [0.2, 0.25) is 10.0 Å². The Morgan fingerprint density at radius 3 is 2.52 bits per heavy atom. The van der Waals surface area contributed by atoms with Crippen LogP contribution in [0.3, 0.4) is 0 Å². The average Bonchev–Trinajstić information content (AvgIpc) is 2.40. The number of aryl methyl sites for hydroxylation is 1. The molecule has 0 fully saturated rings. The molecule has 1 aromatic rings. The molecular formula is C15H27N3O2S. The van der Waals surface area contributed by atoms with Gasteiger partial charge in [0.15, 0.2) is 0 Å². The summed E-state index contributed by atoms with van der Waals surface area (Å²) < 4.78 is 27.4. The zero-order chi connectivity index (χ0) is 15.9. The van der Waals surface area contributed by atoms with E-state index in [9.17, 15) is 8.42 Å². The maximum Gasteiger partial charge on any atom is 0.240 e.